The number of carbonyl (C=O) groups is 1. The number of methoxy groups -OCH3 is 1. The summed E-state index contributed by atoms with van der Waals surface area (Å²) in [5.41, 5.74) is 0.830. The first kappa shape index (κ1) is 13.6. The molecule has 1 aromatic carbocycles. The van der Waals surface area contributed by atoms with Crippen molar-refractivity contribution in [2.75, 3.05) is 20.2 Å². The summed E-state index contributed by atoms with van der Waals surface area (Å²) in [6.45, 7) is 1.44. The molecule has 2 aromatic rings. The van der Waals surface area contributed by atoms with Crippen LogP contribution in [-0.4, -0.2) is 41.7 Å². The van der Waals surface area contributed by atoms with Gasteiger partial charge in [-0.3, -0.25) is 4.79 Å². The molecule has 1 aliphatic rings. The predicted molar refractivity (Wildman–Crippen MR) is 75.9 cm³/mol. The van der Waals surface area contributed by atoms with Gasteiger partial charge >= 0.3 is 0 Å². The van der Waals surface area contributed by atoms with Gasteiger partial charge in [-0.25, -0.2) is 0 Å². The van der Waals surface area contributed by atoms with E-state index in [4.69, 9.17) is 9.15 Å². The molecule has 21 heavy (non-hydrogen) atoms. The smallest absolute Gasteiger partial charge is 0.247 e. The Kier molecular flexibility index (Phi) is 3.85. The normalized spacial score (nSPS) is 18.5. The third kappa shape index (κ3) is 2.89. The fourth-order valence-corrected chi connectivity index (χ4v) is 2.58. The van der Waals surface area contributed by atoms with Crippen LogP contribution >= 0.6 is 0 Å². The van der Waals surface area contributed by atoms with E-state index in [9.17, 15) is 4.79 Å². The van der Waals surface area contributed by atoms with Crippen molar-refractivity contribution in [3.05, 3.63) is 30.2 Å². The van der Waals surface area contributed by atoms with Gasteiger partial charge in [0.1, 0.15) is 5.75 Å². The number of aromatic nitrogens is 2. The molecule has 1 fully saturated rings. The van der Waals surface area contributed by atoms with Crippen LogP contribution < -0.4 is 4.74 Å². The lowest BCUT2D eigenvalue weighted by Crippen LogP contribution is -2.33. The lowest BCUT2D eigenvalue weighted by atomic mass is 9.99. The Morgan fingerprint density at radius 3 is 3.14 bits per heavy atom. The Labute approximate surface area is 122 Å². The van der Waals surface area contributed by atoms with E-state index in [1.807, 2.05) is 24.3 Å². The monoisotopic (exact) mass is 287 g/mol. The third-order valence-corrected chi connectivity index (χ3v) is 3.71. The molecule has 0 radical (unpaired) electrons. The highest BCUT2D eigenvalue weighted by atomic mass is 16.5. The standard InChI is InChI=1S/C15H17N3O3/c1-20-13-6-2-4-11(8-13)14-16-17-15(21-14)12-5-3-7-18(9-12)10-19/h2,4,6,8,10,12H,3,5,7,9H2,1H3/t12-/m1/s1. The highest BCUT2D eigenvalue weighted by Gasteiger charge is 2.25. The Morgan fingerprint density at radius 1 is 1.43 bits per heavy atom. The van der Waals surface area contributed by atoms with Crippen molar-refractivity contribution >= 4 is 6.41 Å². The lowest BCUT2D eigenvalue weighted by Gasteiger charge is -2.27. The van der Waals surface area contributed by atoms with Crippen LogP contribution in [0.3, 0.4) is 0 Å². The average Bonchev–Trinajstić information content (AvgIpc) is 3.05. The summed E-state index contributed by atoms with van der Waals surface area (Å²) in [4.78, 5) is 12.6. The molecule has 2 heterocycles. The van der Waals surface area contributed by atoms with E-state index in [0.29, 0.717) is 18.3 Å². The number of ether oxygens (including phenoxy) is 1. The van der Waals surface area contributed by atoms with Gasteiger partial charge in [0.2, 0.25) is 18.2 Å². The molecule has 0 unspecified atom stereocenters. The minimum Gasteiger partial charge on any atom is -0.497 e. The van der Waals surface area contributed by atoms with Crippen molar-refractivity contribution in [2.24, 2.45) is 0 Å². The van der Waals surface area contributed by atoms with Crippen molar-refractivity contribution in [2.45, 2.75) is 18.8 Å². The Morgan fingerprint density at radius 2 is 2.33 bits per heavy atom. The van der Waals surface area contributed by atoms with E-state index in [0.717, 1.165) is 37.1 Å². The van der Waals surface area contributed by atoms with Gasteiger partial charge in [0.15, 0.2) is 0 Å². The van der Waals surface area contributed by atoms with Gasteiger partial charge < -0.3 is 14.1 Å². The zero-order valence-electron chi connectivity index (χ0n) is 11.9. The largest absolute Gasteiger partial charge is 0.497 e. The van der Waals surface area contributed by atoms with Crippen LogP contribution in [0.4, 0.5) is 0 Å². The molecule has 0 saturated carbocycles. The molecule has 6 nitrogen and oxygen atoms in total. The van der Waals surface area contributed by atoms with E-state index in [1.165, 1.54) is 0 Å². The zero-order chi connectivity index (χ0) is 14.7. The van der Waals surface area contributed by atoms with Crippen LogP contribution in [0.15, 0.2) is 28.7 Å². The molecular weight excluding hydrogens is 270 g/mol. The van der Waals surface area contributed by atoms with Crippen molar-refractivity contribution in [3.63, 3.8) is 0 Å². The zero-order valence-corrected chi connectivity index (χ0v) is 11.9. The fourth-order valence-electron chi connectivity index (χ4n) is 2.58. The van der Waals surface area contributed by atoms with E-state index < -0.39 is 0 Å². The van der Waals surface area contributed by atoms with Crippen LogP contribution in [0, 0.1) is 0 Å². The SMILES string of the molecule is COc1cccc(-c2nnc([C@@H]3CCCN(C=O)C3)o2)c1. The second-order valence-electron chi connectivity index (χ2n) is 5.12. The second-order valence-corrected chi connectivity index (χ2v) is 5.12. The molecule has 0 N–H and O–H groups in total. The van der Waals surface area contributed by atoms with Gasteiger partial charge in [-0.2, -0.15) is 0 Å². The summed E-state index contributed by atoms with van der Waals surface area (Å²) in [6.07, 6.45) is 2.80. The van der Waals surface area contributed by atoms with Gasteiger partial charge in [-0.05, 0) is 31.0 Å². The molecule has 0 aliphatic carbocycles. The van der Waals surface area contributed by atoms with Crippen LogP contribution in [0.5, 0.6) is 5.75 Å². The molecule has 1 atom stereocenters. The molecule has 0 bridgehead atoms. The third-order valence-electron chi connectivity index (χ3n) is 3.71. The molecule has 1 amide bonds. The highest BCUT2D eigenvalue weighted by Crippen LogP contribution is 2.29. The first-order valence-electron chi connectivity index (χ1n) is 6.97. The van der Waals surface area contributed by atoms with Gasteiger partial charge in [0.05, 0.1) is 13.0 Å². The summed E-state index contributed by atoms with van der Waals surface area (Å²) in [5.74, 6) is 1.94. The van der Waals surface area contributed by atoms with Crippen LogP contribution in [0.25, 0.3) is 11.5 Å². The lowest BCUT2D eigenvalue weighted by molar-refractivity contribution is -0.119. The molecule has 0 spiro atoms. The number of hydrogen-bond acceptors (Lipinski definition) is 5. The number of carbonyl (C=O) groups excluding carboxylic acids is 1. The van der Waals surface area contributed by atoms with E-state index in [2.05, 4.69) is 10.2 Å². The highest BCUT2D eigenvalue weighted by molar-refractivity contribution is 5.55. The molecule has 6 heteroatoms. The maximum atomic E-state index is 10.9. The quantitative estimate of drug-likeness (QED) is 0.805. The Balaban J connectivity index is 1.80. The number of likely N-dealkylation sites (tertiary alicyclic amines) is 1. The summed E-state index contributed by atoms with van der Waals surface area (Å²) in [7, 11) is 1.62. The number of rotatable bonds is 4. The predicted octanol–water partition coefficient (Wildman–Crippen LogP) is 2.08. The Hall–Kier alpha value is -2.37. The van der Waals surface area contributed by atoms with Gasteiger partial charge in [-0.15, -0.1) is 10.2 Å². The number of piperidine rings is 1. The summed E-state index contributed by atoms with van der Waals surface area (Å²) in [6, 6.07) is 7.50. The molecule has 110 valence electrons. The summed E-state index contributed by atoms with van der Waals surface area (Å²) >= 11 is 0. The number of benzene rings is 1. The van der Waals surface area contributed by atoms with Crippen LogP contribution in [0.2, 0.25) is 0 Å². The van der Waals surface area contributed by atoms with Crippen molar-refractivity contribution in [1.82, 2.24) is 15.1 Å². The maximum absolute atomic E-state index is 10.9. The number of amides is 1. The maximum Gasteiger partial charge on any atom is 0.247 e. The fraction of sp³-hybridized carbons (Fsp3) is 0.400. The average molecular weight is 287 g/mol. The first-order chi connectivity index (χ1) is 10.3. The minimum atomic E-state index is 0.121. The van der Waals surface area contributed by atoms with E-state index in [-0.39, 0.29) is 5.92 Å². The Bertz CT molecular complexity index is 626. The van der Waals surface area contributed by atoms with Gasteiger partial charge in [-0.1, -0.05) is 6.07 Å². The van der Waals surface area contributed by atoms with Crippen molar-refractivity contribution < 1.29 is 13.9 Å². The van der Waals surface area contributed by atoms with Gasteiger partial charge in [0, 0.05) is 18.7 Å². The van der Waals surface area contributed by atoms with E-state index in [1.54, 1.807) is 12.0 Å². The summed E-state index contributed by atoms with van der Waals surface area (Å²) in [5, 5.41) is 8.25. The van der Waals surface area contributed by atoms with E-state index >= 15 is 0 Å². The topological polar surface area (TPSA) is 68.5 Å². The molecule has 3 rings (SSSR count). The first-order valence-corrected chi connectivity index (χ1v) is 6.97. The van der Waals surface area contributed by atoms with Crippen molar-refractivity contribution in [3.8, 4) is 17.2 Å². The van der Waals surface area contributed by atoms with Crippen LogP contribution in [0.1, 0.15) is 24.7 Å². The van der Waals surface area contributed by atoms with Crippen LogP contribution in [-0.2, 0) is 4.79 Å². The second kappa shape index (κ2) is 5.95. The molecule has 1 saturated heterocycles. The molecular formula is C15H17N3O3. The molecule has 1 aliphatic heterocycles. The minimum absolute atomic E-state index is 0.121. The number of nitrogens with zero attached hydrogens (tertiary/aromatic N) is 3. The molecule has 1 aromatic heterocycles. The van der Waals surface area contributed by atoms with Gasteiger partial charge in [0.25, 0.3) is 0 Å². The van der Waals surface area contributed by atoms with Crippen molar-refractivity contribution in [1.29, 1.82) is 0 Å². The number of hydrogen-bond donors (Lipinski definition) is 0. The summed E-state index contributed by atoms with van der Waals surface area (Å²) < 4.78 is 11.0.